The van der Waals surface area contributed by atoms with E-state index in [2.05, 4.69) is 22.0 Å². The van der Waals surface area contributed by atoms with Crippen LogP contribution in [0.2, 0.25) is 0 Å². The van der Waals surface area contributed by atoms with Crippen LogP contribution in [0.1, 0.15) is 11.4 Å². The summed E-state index contributed by atoms with van der Waals surface area (Å²) in [5.74, 6) is 0.776. The molecule has 0 aliphatic heterocycles. The first-order valence-corrected chi connectivity index (χ1v) is 8.11. The number of aliphatic hydroxyl groups excluding tert-OH is 1. The van der Waals surface area contributed by atoms with Crippen molar-refractivity contribution in [3.8, 4) is 11.8 Å². The van der Waals surface area contributed by atoms with Crippen molar-refractivity contribution >= 4 is 22.3 Å². The van der Waals surface area contributed by atoms with Crippen molar-refractivity contribution in [2.45, 2.75) is 0 Å². The summed E-state index contributed by atoms with van der Waals surface area (Å²) in [5, 5.41) is 19.6. The van der Waals surface area contributed by atoms with Gasteiger partial charge in [0.15, 0.2) is 5.82 Å². The van der Waals surface area contributed by atoms with Gasteiger partial charge in [-0.1, -0.05) is 18.7 Å². The molecule has 0 saturated heterocycles. The van der Waals surface area contributed by atoms with Crippen LogP contribution in [0.15, 0.2) is 60.9 Å². The van der Waals surface area contributed by atoms with Gasteiger partial charge in [-0.05, 0) is 42.0 Å². The number of hydrogen-bond donors (Lipinski definition) is 3. The molecule has 0 atom stereocenters. The molecule has 3 N–H and O–H groups in total. The Hall–Kier alpha value is -3.76. The van der Waals surface area contributed by atoms with Gasteiger partial charge >= 0.3 is 0 Å². The molecule has 0 spiro atoms. The molecule has 0 radical (unpaired) electrons. The minimum absolute atomic E-state index is 0.0167. The van der Waals surface area contributed by atoms with E-state index in [-0.39, 0.29) is 23.8 Å². The van der Waals surface area contributed by atoms with Gasteiger partial charge < -0.3 is 14.8 Å². The van der Waals surface area contributed by atoms with Crippen LogP contribution in [0.3, 0.4) is 0 Å². The van der Waals surface area contributed by atoms with Gasteiger partial charge in [-0.15, -0.1) is 0 Å². The fourth-order valence-electron chi connectivity index (χ4n) is 2.44. The topological polar surface area (TPSA) is 103 Å². The number of methoxy groups -OCH3 is 1. The van der Waals surface area contributed by atoms with Crippen LogP contribution < -0.4 is 10.2 Å². The second-order valence-electron chi connectivity index (χ2n) is 5.63. The van der Waals surface area contributed by atoms with Crippen molar-refractivity contribution in [3.05, 3.63) is 72.3 Å². The fraction of sp³-hybridized carbons (Fsp3) is 0.100. The van der Waals surface area contributed by atoms with E-state index in [1.807, 2.05) is 42.5 Å². The van der Waals surface area contributed by atoms with Gasteiger partial charge in [0.1, 0.15) is 29.8 Å². The molecule has 1 aromatic heterocycles. The average Bonchev–Trinajstić information content (AvgIpc) is 3.12. The summed E-state index contributed by atoms with van der Waals surface area (Å²) < 4.78 is 5.10. The lowest BCUT2D eigenvalue weighted by molar-refractivity contribution is 0.0772. The van der Waals surface area contributed by atoms with E-state index in [1.165, 1.54) is 0 Å². The molecule has 27 heavy (non-hydrogen) atoms. The first-order chi connectivity index (χ1) is 13.1. The number of ether oxygens (including phenoxy) is 1. The highest BCUT2D eigenvalue weighted by Gasteiger charge is 2.13. The van der Waals surface area contributed by atoms with Crippen LogP contribution in [0.25, 0.3) is 22.3 Å². The van der Waals surface area contributed by atoms with E-state index < -0.39 is 0 Å². The van der Waals surface area contributed by atoms with Crippen molar-refractivity contribution in [2.24, 2.45) is 0 Å². The van der Waals surface area contributed by atoms with Gasteiger partial charge in [0, 0.05) is 0 Å². The van der Waals surface area contributed by atoms with E-state index in [9.17, 15) is 10.4 Å². The van der Waals surface area contributed by atoms with Crippen molar-refractivity contribution in [3.63, 3.8) is 0 Å². The first kappa shape index (κ1) is 18.0. The van der Waals surface area contributed by atoms with Crippen LogP contribution in [-0.2, 0) is 4.84 Å². The molecule has 3 rings (SSSR count). The highest BCUT2D eigenvalue weighted by atomic mass is 16.6. The lowest BCUT2D eigenvalue weighted by Gasteiger charge is -2.10. The molecule has 1 heterocycles. The molecule has 0 saturated carbocycles. The van der Waals surface area contributed by atoms with Gasteiger partial charge in [-0.3, -0.25) is 10.3 Å². The number of hydroxylamine groups is 1. The average molecular weight is 362 g/mol. The van der Waals surface area contributed by atoms with Crippen molar-refractivity contribution in [1.29, 1.82) is 5.26 Å². The van der Waals surface area contributed by atoms with E-state index in [4.69, 9.17) is 9.57 Å². The lowest BCUT2D eigenvalue weighted by Crippen LogP contribution is -2.15. The van der Waals surface area contributed by atoms with Crippen LogP contribution in [-0.4, -0.2) is 28.8 Å². The minimum atomic E-state index is -0.244. The number of allylic oxidation sites excluding steroid dienone is 1. The predicted molar refractivity (Wildman–Crippen MR) is 102 cm³/mol. The van der Waals surface area contributed by atoms with Crippen LogP contribution in [0.4, 0.5) is 0 Å². The standard InChI is InChI=1S/C20H18N4O3/c1-13(14-7-9-15(26-2)10-8-14)24-27-12-19(25)16(11-21)20-22-17-5-3-4-6-18(17)23-20/h3-10,24-25H,1,12H2,2H3,(H,22,23)/b19-16-. The van der Waals surface area contributed by atoms with Gasteiger partial charge in [-0.25, -0.2) is 4.98 Å². The monoisotopic (exact) mass is 362 g/mol. The van der Waals surface area contributed by atoms with E-state index >= 15 is 0 Å². The number of benzene rings is 2. The Morgan fingerprint density at radius 3 is 2.67 bits per heavy atom. The molecule has 0 aliphatic carbocycles. The second kappa shape index (κ2) is 8.08. The summed E-state index contributed by atoms with van der Waals surface area (Å²) in [5.41, 5.74) is 5.47. The summed E-state index contributed by atoms with van der Waals surface area (Å²) in [6.07, 6.45) is 0. The quantitative estimate of drug-likeness (QED) is 0.337. The maximum absolute atomic E-state index is 10.2. The third-order valence-electron chi connectivity index (χ3n) is 3.87. The summed E-state index contributed by atoms with van der Waals surface area (Å²) in [6, 6.07) is 16.6. The predicted octanol–water partition coefficient (Wildman–Crippen LogP) is 3.56. The third kappa shape index (κ3) is 4.08. The molecule has 0 bridgehead atoms. The normalized spacial score (nSPS) is 11.6. The Bertz CT molecular complexity index is 996. The molecule has 7 nitrogen and oxygen atoms in total. The van der Waals surface area contributed by atoms with Crippen LogP contribution in [0.5, 0.6) is 5.75 Å². The molecule has 136 valence electrons. The first-order valence-electron chi connectivity index (χ1n) is 8.11. The number of H-pyrrole nitrogens is 1. The number of nitriles is 1. The molecule has 3 aromatic rings. The smallest absolute Gasteiger partial charge is 0.152 e. The summed E-state index contributed by atoms with van der Waals surface area (Å²) >= 11 is 0. The zero-order valence-electron chi connectivity index (χ0n) is 14.7. The van der Waals surface area contributed by atoms with Crippen molar-refractivity contribution in [1.82, 2.24) is 15.4 Å². The molecule has 2 aromatic carbocycles. The molecule has 0 fully saturated rings. The maximum atomic E-state index is 10.2. The Balaban J connectivity index is 1.66. The number of aromatic amines is 1. The molecule has 0 unspecified atom stereocenters. The number of nitrogens with one attached hydrogen (secondary N) is 2. The SMILES string of the molecule is C=C(NOC/C(O)=C(\C#N)c1nc2ccccc2[nH]1)c1ccc(OC)cc1. The zero-order valence-corrected chi connectivity index (χ0v) is 14.7. The number of aromatic nitrogens is 2. The molecular weight excluding hydrogens is 344 g/mol. The van der Waals surface area contributed by atoms with Crippen LogP contribution >= 0.6 is 0 Å². The number of imidazole rings is 1. The number of fused-ring (bicyclic) bond motifs is 1. The minimum Gasteiger partial charge on any atom is -0.508 e. The Kier molecular flexibility index (Phi) is 5.40. The number of nitrogens with zero attached hydrogens (tertiary/aromatic N) is 2. The fourth-order valence-corrected chi connectivity index (χ4v) is 2.44. The summed E-state index contributed by atoms with van der Waals surface area (Å²) in [4.78, 5) is 12.6. The van der Waals surface area contributed by atoms with E-state index in [0.29, 0.717) is 11.2 Å². The molecule has 7 heteroatoms. The second-order valence-corrected chi connectivity index (χ2v) is 5.63. The Morgan fingerprint density at radius 2 is 2.00 bits per heavy atom. The number of para-hydroxylation sites is 2. The van der Waals surface area contributed by atoms with Gasteiger partial charge in [0.25, 0.3) is 0 Å². The van der Waals surface area contributed by atoms with Gasteiger partial charge in [0.05, 0.1) is 23.8 Å². The van der Waals surface area contributed by atoms with Crippen molar-refractivity contribution < 1.29 is 14.7 Å². The number of aliphatic hydroxyl groups is 1. The summed E-state index contributed by atoms with van der Waals surface area (Å²) in [6.45, 7) is 3.64. The highest BCUT2D eigenvalue weighted by molar-refractivity contribution is 5.82. The largest absolute Gasteiger partial charge is 0.508 e. The molecular formula is C20H18N4O3. The Morgan fingerprint density at radius 1 is 1.26 bits per heavy atom. The number of hydrogen-bond acceptors (Lipinski definition) is 6. The Labute approximate surface area is 156 Å². The summed E-state index contributed by atoms with van der Waals surface area (Å²) in [7, 11) is 1.59. The van der Waals surface area contributed by atoms with Crippen LogP contribution in [0, 0.1) is 11.3 Å². The maximum Gasteiger partial charge on any atom is 0.152 e. The van der Waals surface area contributed by atoms with Gasteiger partial charge in [-0.2, -0.15) is 5.26 Å². The third-order valence-corrected chi connectivity index (χ3v) is 3.87. The molecule has 0 amide bonds. The zero-order chi connectivity index (χ0) is 19.2. The van der Waals surface area contributed by atoms with E-state index in [0.717, 1.165) is 16.8 Å². The lowest BCUT2D eigenvalue weighted by atomic mass is 10.2. The van der Waals surface area contributed by atoms with Crippen molar-refractivity contribution in [2.75, 3.05) is 13.7 Å². The van der Waals surface area contributed by atoms with Gasteiger partial charge in [0.2, 0.25) is 0 Å². The molecule has 0 aliphatic rings. The van der Waals surface area contributed by atoms with E-state index in [1.54, 1.807) is 19.2 Å². The number of rotatable bonds is 7. The highest BCUT2D eigenvalue weighted by Crippen LogP contribution is 2.19.